The Balaban J connectivity index is 1.62. The molecular weight excluding hydrogens is 442 g/mol. The van der Waals surface area contributed by atoms with Crippen molar-refractivity contribution < 1.29 is 13.2 Å². The van der Waals surface area contributed by atoms with Gasteiger partial charge in [0.25, 0.3) is 5.91 Å². The first-order chi connectivity index (χ1) is 15.8. The number of aromatic nitrogens is 4. The summed E-state index contributed by atoms with van der Waals surface area (Å²) in [6.07, 6.45) is 6.29. The molecule has 0 unspecified atom stereocenters. The van der Waals surface area contributed by atoms with Crippen LogP contribution in [0, 0.1) is 0 Å². The normalized spacial score (nSPS) is 11.4. The van der Waals surface area contributed by atoms with E-state index in [2.05, 4.69) is 25.6 Å². The molecule has 3 aromatic heterocycles. The van der Waals surface area contributed by atoms with E-state index in [1.165, 1.54) is 11.4 Å². The summed E-state index contributed by atoms with van der Waals surface area (Å²) in [5.74, 6) is 0.605. The third-order valence-corrected chi connectivity index (χ3v) is 6.30. The molecule has 0 aliphatic heterocycles. The molecule has 1 aromatic carbocycles. The number of carbonyl (C=O) groups is 1. The second-order valence-corrected chi connectivity index (χ2v) is 9.43. The first kappa shape index (κ1) is 22.2. The van der Waals surface area contributed by atoms with Gasteiger partial charge in [-0.15, -0.1) is 0 Å². The molecule has 0 aliphatic carbocycles. The predicted octanol–water partition coefficient (Wildman–Crippen LogP) is 2.37. The zero-order chi connectivity index (χ0) is 23.6. The number of anilines is 3. The lowest BCUT2D eigenvalue weighted by Crippen LogP contribution is -2.27. The summed E-state index contributed by atoms with van der Waals surface area (Å²) in [4.78, 5) is 25.0. The smallest absolute Gasteiger partial charge is 0.251 e. The molecule has 0 fully saturated rings. The van der Waals surface area contributed by atoms with Crippen molar-refractivity contribution in [1.29, 1.82) is 0 Å². The van der Waals surface area contributed by atoms with Crippen LogP contribution in [0.2, 0.25) is 0 Å². The summed E-state index contributed by atoms with van der Waals surface area (Å²) in [5.41, 5.74) is 2.72. The van der Waals surface area contributed by atoms with Gasteiger partial charge in [0.2, 0.25) is 16.0 Å². The van der Waals surface area contributed by atoms with Crippen LogP contribution in [0.3, 0.4) is 0 Å². The number of rotatable bonds is 7. The second kappa shape index (κ2) is 8.87. The fourth-order valence-electron chi connectivity index (χ4n) is 3.31. The number of pyridine rings is 1. The average molecular weight is 466 g/mol. The van der Waals surface area contributed by atoms with E-state index in [-0.39, 0.29) is 5.91 Å². The maximum atomic E-state index is 12.0. The highest BCUT2D eigenvalue weighted by atomic mass is 32.2. The largest absolute Gasteiger partial charge is 0.355 e. The van der Waals surface area contributed by atoms with Crippen molar-refractivity contribution in [3.05, 3.63) is 72.2 Å². The summed E-state index contributed by atoms with van der Waals surface area (Å²) in [6, 6.07) is 12.5. The van der Waals surface area contributed by atoms with Gasteiger partial charge in [-0.05, 0) is 36.4 Å². The third kappa shape index (κ3) is 4.77. The van der Waals surface area contributed by atoms with E-state index in [9.17, 15) is 13.2 Å². The Morgan fingerprint density at radius 1 is 1.12 bits per heavy atom. The number of fused-ring (bicyclic) bond motifs is 1. The van der Waals surface area contributed by atoms with E-state index in [0.717, 1.165) is 22.9 Å². The standard InChI is InChI=1S/C22H23N7O3S/c1-23-21(30)15-6-8-18(9-7-15)26-22-25-13-16-10-12-29(20(16)27-22)14-17-5-4-11-24-19(17)28(2)33(3,31)32/h4-13H,14H2,1-3H3,(H,23,30)(H,25,26,27). The minimum absolute atomic E-state index is 0.159. The molecule has 0 saturated carbocycles. The van der Waals surface area contributed by atoms with Crippen LogP contribution in [0.1, 0.15) is 15.9 Å². The lowest BCUT2D eigenvalue weighted by atomic mass is 10.2. The molecule has 1 amide bonds. The van der Waals surface area contributed by atoms with Gasteiger partial charge in [-0.25, -0.2) is 18.4 Å². The molecule has 4 rings (SSSR count). The van der Waals surface area contributed by atoms with E-state index >= 15 is 0 Å². The van der Waals surface area contributed by atoms with Crippen molar-refractivity contribution in [2.24, 2.45) is 0 Å². The fraction of sp³-hybridized carbons (Fsp3) is 0.182. The lowest BCUT2D eigenvalue weighted by Gasteiger charge is -2.19. The first-order valence-electron chi connectivity index (χ1n) is 10.0. The molecule has 170 valence electrons. The molecule has 0 aliphatic rings. The number of carbonyl (C=O) groups excluding carboxylic acids is 1. The van der Waals surface area contributed by atoms with Gasteiger partial charge in [-0.1, -0.05) is 6.07 Å². The van der Waals surface area contributed by atoms with Gasteiger partial charge in [0.15, 0.2) is 0 Å². The monoisotopic (exact) mass is 465 g/mol. The number of sulfonamides is 1. The van der Waals surface area contributed by atoms with Gasteiger partial charge in [-0.2, -0.15) is 4.98 Å². The summed E-state index contributed by atoms with van der Waals surface area (Å²) >= 11 is 0. The zero-order valence-electron chi connectivity index (χ0n) is 18.3. The van der Waals surface area contributed by atoms with Gasteiger partial charge < -0.3 is 15.2 Å². The topological polar surface area (TPSA) is 122 Å². The van der Waals surface area contributed by atoms with Gasteiger partial charge in [0.05, 0.1) is 12.8 Å². The Morgan fingerprint density at radius 3 is 2.58 bits per heavy atom. The van der Waals surface area contributed by atoms with Gasteiger partial charge in [0.1, 0.15) is 11.5 Å². The van der Waals surface area contributed by atoms with Crippen molar-refractivity contribution >= 4 is 44.4 Å². The molecule has 4 aromatic rings. The van der Waals surface area contributed by atoms with Crippen LogP contribution in [0.25, 0.3) is 11.0 Å². The Labute approximate surface area is 191 Å². The number of amides is 1. The summed E-state index contributed by atoms with van der Waals surface area (Å²) in [5, 5.41) is 6.57. The van der Waals surface area contributed by atoms with Crippen molar-refractivity contribution in [3.8, 4) is 0 Å². The third-order valence-electron chi connectivity index (χ3n) is 5.14. The van der Waals surface area contributed by atoms with E-state index in [0.29, 0.717) is 29.5 Å². The first-order valence-corrected chi connectivity index (χ1v) is 11.9. The number of nitrogens with zero attached hydrogens (tertiary/aromatic N) is 5. The Kier molecular flexibility index (Phi) is 5.97. The summed E-state index contributed by atoms with van der Waals surface area (Å²) in [7, 11) is -0.386. The highest BCUT2D eigenvalue weighted by molar-refractivity contribution is 7.92. The Hall–Kier alpha value is -3.99. The fourth-order valence-corrected chi connectivity index (χ4v) is 3.79. The SMILES string of the molecule is CNC(=O)c1ccc(Nc2ncc3ccn(Cc4cccnc4N(C)S(C)(=O)=O)c3n2)cc1. The Morgan fingerprint density at radius 2 is 1.88 bits per heavy atom. The number of hydrogen-bond donors (Lipinski definition) is 2. The summed E-state index contributed by atoms with van der Waals surface area (Å²) in [6.45, 7) is 0.379. The van der Waals surface area contributed by atoms with E-state index in [1.54, 1.807) is 49.8 Å². The van der Waals surface area contributed by atoms with Crippen molar-refractivity contribution in [1.82, 2.24) is 24.8 Å². The molecule has 0 spiro atoms. The zero-order valence-corrected chi connectivity index (χ0v) is 19.2. The minimum atomic E-state index is -3.45. The molecule has 0 atom stereocenters. The number of benzene rings is 1. The maximum absolute atomic E-state index is 12.0. The van der Waals surface area contributed by atoms with E-state index < -0.39 is 10.0 Å². The van der Waals surface area contributed by atoms with E-state index in [1.807, 2.05) is 22.9 Å². The van der Waals surface area contributed by atoms with Crippen molar-refractivity contribution in [3.63, 3.8) is 0 Å². The average Bonchev–Trinajstić information content (AvgIpc) is 3.20. The van der Waals surface area contributed by atoms with E-state index in [4.69, 9.17) is 0 Å². The lowest BCUT2D eigenvalue weighted by molar-refractivity contribution is 0.0963. The number of nitrogens with one attached hydrogen (secondary N) is 2. The van der Waals surface area contributed by atoms with Crippen LogP contribution in [0.15, 0.2) is 61.1 Å². The molecule has 2 N–H and O–H groups in total. The van der Waals surface area contributed by atoms with Crippen LogP contribution in [0.4, 0.5) is 17.5 Å². The molecule has 11 heteroatoms. The molecule has 33 heavy (non-hydrogen) atoms. The van der Waals surface area contributed by atoms with Crippen LogP contribution in [-0.2, 0) is 16.6 Å². The van der Waals surface area contributed by atoms with Crippen LogP contribution < -0.4 is 14.9 Å². The predicted molar refractivity (Wildman–Crippen MR) is 127 cm³/mol. The molecular formula is C22H23N7O3S. The quantitative estimate of drug-likeness (QED) is 0.430. The molecule has 0 radical (unpaired) electrons. The highest BCUT2D eigenvalue weighted by Crippen LogP contribution is 2.23. The summed E-state index contributed by atoms with van der Waals surface area (Å²) < 4.78 is 27.1. The highest BCUT2D eigenvalue weighted by Gasteiger charge is 2.18. The molecule has 10 nitrogen and oxygen atoms in total. The second-order valence-electron chi connectivity index (χ2n) is 7.41. The van der Waals surface area contributed by atoms with Crippen LogP contribution >= 0.6 is 0 Å². The van der Waals surface area contributed by atoms with Crippen LogP contribution in [-0.4, -0.2) is 54.2 Å². The molecule has 0 saturated heterocycles. The van der Waals surface area contributed by atoms with Crippen LogP contribution in [0.5, 0.6) is 0 Å². The van der Waals surface area contributed by atoms with Crippen molar-refractivity contribution in [2.75, 3.05) is 30.0 Å². The van der Waals surface area contributed by atoms with Gasteiger partial charge >= 0.3 is 0 Å². The maximum Gasteiger partial charge on any atom is 0.251 e. The van der Waals surface area contributed by atoms with Crippen molar-refractivity contribution in [2.45, 2.75) is 6.54 Å². The van der Waals surface area contributed by atoms with Gasteiger partial charge in [-0.3, -0.25) is 9.10 Å². The van der Waals surface area contributed by atoms with Gasteiger partial charge in [0, 0.05) is 54.9 Å². The Bertz CT molecular complexity index is 1420. The molecule has 0 bridgehead atoms. The number of hydrogen-bond acceptors (Lipinski definition) is 7. The molecule has 3 heterocycles. The minimum Gasteiger partial charge on any atom is -0.355 e.